The lowest BCUT2D eigenvalue weighted by atomic mass is 10.0. The molecule has 19 amide bonds. The van der Waals surface area contributed by atoms with Crippen LogP contribution in [0.2, 0.25) is 0 Å². The third-order valence-electron chi connectivity index (χ3n) is 23.6. The zero-order valence-electron chi connectivity index (χ0n) is 85.6. The zero-order valence-corrected chi connectivity index (χ0v) is 87.2. The highest BCUT2D eigenvalue weighted by Crippen LogP contribution is 2.34. The van der Waals surface area contributed by atoms with E-state index in [4.69, 9.17) is 20.4 Å². The van der Waals surface area contributed by atoms with Crippen molar-refractivity contribution < 1.29 is 161 Å². The molecule has 0 aromatic heterocycles. The van der Waals surface area contributed by atoms with Crippen LogP contribution >= 0.6 is 23.5 Å². The third-order valence-corrected chi connectivity index (χ3v) is 25.7. The lowest BCUT2D eigenvalue weighted by molar-refractivity contribution is -0.147. The van der Waals surface area contributed by atoms with Gasteiger partial charge in [0.15, 0.2) is 0 Å². The number of amides is 19. The monoisotopic (exact) mass is 2150 g/mol. The number of aryl methyl sites for hydroxylation is 1. The van der Waals surface area contributed by atoms with Gasteiger partial charge in [0.1, 0.15) is 78.5 Å². The molecule has 0 spiro atoms. The van der Waals surface area contributed by atoms with Crippen molar-refractivity contribution in [2.45, 2.75) is 324 Å². The zero-order chi connectivity index (χ0) is 112. The molecule has 53 nitrogen and oxygen atoms in total. The van der Waals surface area contributed by atoms with Gasteiger partial charge in [-0.25, -0.2) is 14.6 Å². The van der Waals surface area contributed by atoms with E-state index in [1.165, 1.54) is 30.7 Å². The van der Waals surface area contributed by atoms with Crippen molar-refractivity contribution in [3.8, 4) is 0 Å². The minimum atomic E-state index is -1.87. The fraction of sp³-hybridized carbons (Fsp3) is 0.670. The Kier molecular flexibility index (Phi) is 59.2. The SMILES string of the molecule is CC(C)CC(NC(=O)C(CC(=O)O)NC(=O)CCc1ccccc1)C(=O)O.CNC(=O)C(CC(=O)O)NC(=O)C(CC(=O)O)NC(=O)C(CC(C)C)NC(=O)C(C)NC(=O)C(CC(=O)O)NC(=O)C1CCN2CC(NC(=O)C(NC(=O)C(CCSC)NC(=O)CCC(=O)O)C(C)O)C(=O)N12.CNC(=O)C(NC(=O)C(CCC(=O)O)NC(=O)CCCCCNC(=O)CCCCCNC(=O)CCCC[C@H]1SCC2NC(=O)NC21)C(C)C. The lowest BCUT2D eigenvalue weighted by Gasteiger charge is -2.27. The molecule has 4 fully saturated rings. The number of nitrogens with zero attached hydrogens (tertiary/aromatic N) is 2. The number of nitrogens with one attached hydrogen (secondary N) is 18. The fourth-order valence-electron chi connectivity index (χ4n) is 15.7. The number of carbonyl (C=O) groups is 25. The highest BCUT2D eigenvalue weighted by atomic mass is 32.2. The molecule has 1 aromatic rings. The van der Waals surface area contributed by atoms with Crippen LogP contribution in [0.15, 0.2) is 30.3 Å². The van der Waals surface area contributed by atoms with Gasteiger partial charge in [-0.2, -0.15) is 23.5 Å². The predicted molar refractivity (Wildman–Crippen MR) is 534 cm³/mol. The van der Waals surface area contributed by atoms with E-state index in [0.717, 1.165) is 68.8 Å². The molecule has 0 radical (unpaired) electrons. The number of hydrazine groups is 1. The average molecular weight is 2150 g/mol. The van der Waals surface area contributed by atoms with Gasteiger partial charge in [-0.15, -0.1) is 0 Å². The molecule has 0 bridgehead atoms. The van der Waals surface area contributed by atoms with Gasteiger partial charge in [-0.05, 0) is 126 Å². The quantitative estimate of drug-likeness (QED) is 0.0222. The number of fused-ring (bicyclic) bond motifs is 2. The number of likely N-dealkylation sites (N-methyl/N-ethyl adjacent to an activating group) is 2. The van der Waals surface area contributed by atoms with Crippen LogP contribution < -0.4 is 95.7 Å². The van der Waals surface area contributed by atoms with Crippen molar-refractivity contribution in [1.82, 2.24) is 106 Å². The Morgan fingerprint density at radius 3 is 1.39 bits per heavy atom. The number of hydrogen-bond acceptors (Lipinski definition) is 29. The summed E-state index contributed by atoms with van der Waals surface area (Å²) in [5.74, 6) is -21.3. The Morgan fingerprint density at radius 1 is 0.436 bits per heavy atom. The van der Waals surface area contributed by atoms with Crippen LogP contribution in [0.4, 0.5) is 4.79 Å². The third kappa shape index (κ3) is 50.3. The number of urea groups is 1. The molecule has 149 heavy (non-hydrogen) atoms. The summed E-state index contributed by atoms with van der Waals surface area (Å²) < 4.78 is 0. The summed E-state index contributed by atoms with van der Waals surface area (Å²) in [6.07, 6.45) is 4.00. The molecular weight excluding hydrogens is 2000 g/mol. The van der Waals surface area contributed by atoms with Gasteiger partial charge in [0.05, 0.1) is 50.3 Å². The second-order valence-corrected chi connectivity index (χ2v) is 39.6. The van der Waals surface area contributed by atoms with Crippen molar-refractivity contribution in [1.29, 1.82) is 0 Å². The Balaban J connectivity index is 0.000000640. The maximum Gasteiger partial charge on any atom is 0.326 e. The molecule has 55 heteroatoms. The summed E-state index contributed by atoms with van der Waals surface area (Å²) in [7, 11) is 2.61. The van der Waals surface area contributed by atoms with Crippen LogP contribution in [0.3, 0.4) is 0 Å². The lowest BCUT2D eigenvalue weighted by Crippen LogP contribution is -2.60. The summed E-state index contributed by atoms with van der Waals surface area (Å²) >= 11 is 3.22. The number of aliphatic hydroxyl groups is 1. The maximum atomic E-state index is 13.7. The standard InChI is InChI=1S/C42H65N11O19S.C33H57N7O8S.C19H26N2O6/c1-18(2)13-22(38(68)48-25(16-32(62)63)39(69)47-23(14-30(58)59)35(65)43-5)46-34(64)19(3)44-37(67)24(15-31(60)61)49-40(70)27-9-11-52-17-26(42(72)53(27)52)50-41(71)33(20(4)54)51-36(66)21(10-12-73-6)45-28(55)7-8-29(56)57;1-21(2)29(32(47)34-3)39-31(46)22(16-17-28(44)45)37-27(43)15-7-5-11-19-35-25(41)13-6-4-10-18-36-26(42)14-9-8-12-24-30-23(20-49-24)38-33(48)40-30;1-12(2)10-15(19(26)27)21-18(25)14(11-17(23)24)20-16(22)9-8-13-6-4-3-5-7-13/h18-27,33,54H,7-17H2,1-6H3,(H,43,65)(H,44,67)(H,45,55)(H,46,64)(H,47,69)(H,48,68)(H,49,70)(H,50,71)(H,51,66)(H,56,57)(H,58,59)(H,60,61)(H,62,63);21-24,29-30H,4-20H2,1-3H3,(H,34,47)(H,35,41)(H,36,42)(H,37,43)(H,39,46)(H,44,45)(H2,38,40,48);3-7,12,14-15H,8-11H2,1-2H3,(H,20,22)(H,21,25)(H,23,24)(H,26,27)/t;22?,23?,24-,29?,30?;/m.1./s1. The largest absolute Gasteiger partial charge is 0.481 e. The van der Waals surface area contributed by atoms with E-state index >= 15 is 0 Å². The minimum Gasteiger partial charge on any atom is -0.481 e. The van der Waals surface area contributed by atoms with Crippen LogP contribution in [-0.2, 0) is 121 Å². The molecule has 4 heterocycles. The first-order valence-corrected chi connectivity index (χ1v) is 51.7. The number of carboxylic acid groups (broad SMARTS) is 7. The van der Waals surface area contributed by atoms with Gasteiger partial charge in [0, 0.05) is 89.8 Å². The van der Waals surface area contributed by atoms with E-state index in [9.17, 15) is 140 Å². The first-order valence-electron chi connectivity index (χ1n) is 49.3. The number of thioether (sulfide) groups is 2. The number of unbranched alkanes of at least 4 members (excludes halogenated alkanes) is 5. The number of hydrogen-bond donors (Lipinski definition) is 26. The minimum absolute atomic E-state index is 0.0183. The van der Waals surface area contributed by atoms with E-state index in [1.54, 1.807) is 34.0 Å². The van der Waals surface area contributed by atoms with Crippen molar-refractivity contribution >= 4 is 172 Å². The highest BCUT2D eigenvalue weighted by Gasteiger charge is 2.51. The Hall–Kier alpha value is -13.6. The van der Waals surface area contributed by atoms with Gasteiger partial charge >= 0.3 is 47.8 Å². The van der Waals surface area contributed by atoms with Gasteiger partial charge in [-0.1, -0.05) is 91.1 Å². The molecule has 4 aliphatic heterocycles. The smallest absolute Gasteiger partial charge is 0.326 e. The summed E-state index contributed by atoms with van der Waals surface area (Å²) in [4.78, 5) is 309. The highest BCUT2D eigenvalue weighted by molar-refractivity contribution is 8.00. The normalized spacial score (nSPS) is 17.7. The topological polar surface area (TPSA) is 812 Å². The number of benzene rings is 1. The van der Waals surface area contributed by atoms with E-state index in [1.807, 2.05) is 55.9 Å². The second-order valence-electron chi connectivity index (χ2n) is 37.3. The van der Waals surface area contributed by atoms with E-state index < -0.39 is 242 Å². The molecular formula is C94H148N20O33S2. The van der Waals surface area contributed by atoms with Gasteiger partial charge in [0.25, 0.3) is 5.91 Å². The summed E-state index contributed by atoms with van der Waals surface area (Å²) in [6.45, 7) is 13.7. The van der Waals surface area contributed by atoms with Gasteiger partial charge < -0.3 is 137 Å². The van der Waals surface area contributed by atoms with Crippen LogP contribution in [0.25, 0.3) is 0 Å². The van der Waals surface area contributed by atoms with Crippen molar-refractivity contribution in [3.63, 3.8) is 0 Å². The molecule has 26 N–H and O–H groups in total. The molecule has 0 aliphatic carbocycles. The predicted octanol–water partition coefficient (Wildman–Crippen LogP) is -3.57. The van der Waals surface area contributed by atoms with Gasteiger partial charge in [-0.3, -0.25) is 115 Å². The Labute approximate surface area is 870 Å². The summed E-state index contributed by atoms with van der Waals surface area (Å²) in [5.41, 5.74) is 0.940. The van der Waals surface area contributed by atoms with Crippen LogP contribution in [0, 0.1) is 17.8 Å². The average Bonchev–Trinajstić information content (AvgIpc) is 1.62. The van der Waals surface area contributed by atoms with Crippen LogP contribution in [0.1, 0.15) is 221 Å². The first-order chi connectivity index (χ1) is 70.2. The molecule has 0 saturated carbocycles. The number of carboxylic acids is 7. The van der Waals surface area contributed by atoms with Crippen molar-refractivity contribution in [3.05, 3.63) is 35.9 Å². The fourth-order valence-corrected chi connectivity index (χ4v) is 17.8. The molecule has 16 unspecified atom stereocenters. The molecule has 4 aliphatic rings. The van der Waals surface area contributed by atoms with Crippen molar-refractivity contribution in [2.24, 2.45) is 17.8 Å². The van der Waals surface area contributed by atoms with Crippen LogP contribution in [-0.4, -0.2) is 359 Å². The Bertz CT molecular complexity index is 4750. The van der Waals surface area contributed by atoms with Gasteiger partial charge in [0.2, 0.25) is 94.5 Å². The number of aliphatic hydroxyl groups excluding tert-OH is 1. The summed E-state index contributed by atoms with van der Waals surface area (Å²) in [6, 6.07) is -8.76. The van der Waals surface area contributed by atoms with Crippen molar-refractivity contribution in [2.75, 3.05) is 58.0 Å². The maximum absolute atomic E-state index is 13.7. The number of aliphatic carboxylic acids is 7. The van der Waals surface area contributed by atoms with E-state index in [2.05, 4.69) is 95.7 Å². The molecule has 5 rings (SSSR count). The molecule has 4 saturated heterocycles. The molecule has 17 atom stereocenters. The Morgan fingerprint density at radius 2 is 0.886 bits per heavy atom. The first kappa shape index (κ1) is 130. The number of carbonyl (C=O) groups excluding carboxylic acids is 18. The molecule has 834 valence electrons. The van der Waals surface area contributed by atoms with Crippen LogP contribution in [0.5, 0.6) is 0 Å². The van der Waals surface area contributed by atoms with E-state index in [0.29, 0.717) is 62.6 Å². The summed E-state index contributed by atoms with van der Waals surface area (Å²) in [5, 5.41) is 122. The number of rotatable bonds is 67. The van der Waals surface area contributed by atoms with E-state index in [-0.39, 0.29) is 124 Å². The second kappa shape index (κ2) is 68.1. The molecule has 1 aromatic carbocycles.